The van der Waals surface area contributed by atoms with Gasteiger partial charge in [0, 0.05) is 18.0 Å². The summed E-state index contributed by atoms with van der Waals surface area (Å²) in [6.07, 6.45) is 1.96. The monoisotopic (exact) mass is 422 g/mol. The summed E-state index contributed by atoms with van der Waals surface area (Å²) in [6, 6.07) is 19.4. The first-order valence-corrected chi connectivity index (χ1v) is 9.89. The van der Waals surface area contributed by atoms with Gasteiger partial charge in [-0.2, -0.15) is 17.7 Å². The van der Waals surface area contributed by atoms with Crippen molar-refractivity contribution in [2.24, 2.45) is 7.05 Å². The van der Waals surface area contributed by atoms with Gasteiger partial charge in [-0.1, -0.05) is 30.3 Å². The van der Waals surface area contributed by atoms with E-state index in [2.05, 4.69) is 77.4 Å². The topological polar surface area (TPSA) is 66.0 Å². The molecular weight excluding hydrogens is 405 g/mol. The Labute approximate surface area is 165 Å². The first-order valence-electron chi connectivity index (χ1n) is 8.48. The first-order chi connectivity index (χ1) is 13.6. The van der Waals surface area contributed by atoms with E-state index in [0.29, 0.717) is 0 Å². The molecule has 0 fully saturated rings. The van der Waals surface area contributed by atoms with E-state index in [1.54, 1.807) is 0 Å². The maximum absolute atomic E-state index is 10.7. The van der Waals surface area contributed by atoms with Crippen molar-refractivity contribution in [3.8, 4) is 0 Å². The minimum Gasteiger partial charge on any atom is -0.741 e. The zero-order valence-corrected chi connectivity index (χ0v) is 16.2. The number of rotatable bonds is 2. The molecule has 4 aromatic rings. The second-order valence-electron chi connectivity index (χ2n) is 6.31. The van der Waals surface area contributed by atoms with Crippen LogP contribution in [0.3, 0.4) is 0 Å². The third kappa shape index (κ3) is 3.83. The second-order valence-corrected chi connectivity index (χ2v) is 7.68. The number of hydrogen-bond donors (Lipinski definition) is 0. The molecular formula is C20H17F3N2O3S. The molecule has 5 nitrogen and oxygen atoms in total. The van der Waals surface area contributed by atoms with Crippen molar-refractivity contribution in [1.29, 1.82) is 0 Å². The number of aromatic nitrogens is 2. The molecule has 0 aliphatic carbocycles. The summed E-state index contributed by atoms with van der Waals surface area (Å²) in [5.41, 5.74) is -0.583. The third-order valence-corrected chi connectivity index (χ3v) is 5.07. The van der Waals surface area contributed by atoms with Crippen LogP contribution in [0, 0.1) is 0 Å². The van der Waals surface area contributed by atoms with Gasteiger partial charge in [0.05, 0.1) is 10.9 Å². The highest BCUT2D eigenvalue weighted by atomic mass is 32.2. The number of aryl methyl sites for hydroxylation is 1. The van der Waals surface area contributed by atoms with Crippen molar-refractivity contribution < 1.29 is 30.7 Å². The molecule has 2 aromatic carbocycles. The predicted octanol–water partition coefficient (Wildman–Crippen LogP) is 4.01. The minimum absolute atomic E-state index is 0.822. The van der Waals surface area contributed by atoms with Gasteiger partial charge in [0.25, 0.3) is 0 Å². The van der Waals surface area contributed by atoms with E-state index < -0.39 is 15.6 Å². The standard InChI is InChI=1S/C19H17N2.CHF3O3S/c1-3-12-21-17-11-7-5-9-15(17)19-18(21)13-14-8-4-6-10-16(14)20(19)2;2-1(3,4)8(5,6)7/h3-11,13H,1,12H2,2H3;(H,5,6,7)/q+1;/p-1. The molecule has 4 rings (SSSR count). The van der Waals surface area contributed by atoms with E-state index in [9.17, 15) is 13.2 Å². The van der Waals surface area contributed by atoms with Gasteiger partial charge in [-0.25, -0.2) is 8.42 Å². The number of allylic oxidation sites excluding steroid dienone is 1. The lowest BCUT2D eigenvalue weighted by atomic mass is 10.1. The molecule has 0 unspecified atom stereocenters. The van der Waals surface area contributed by atoms with Gasteiger partial charge in [-0.15, -0.1) is 6.58 Å². The van der Waals surface area contributed by atoms with Gasteiger partial charge in [0.15, 0.2) is 10.1 Å². The van der Waals surface area contributed by atoms with Crippen LogP contribution in [0.5, 0.6) is 0 Å². The van der Waals surface area contributed by atoms with E-state index in [1.807, 2.05) is 6.08 Å². The number of alkyl halides is 3. The van der Waals surface area contributed by atoms with Crippen molar-refractivity contribution >= 4 is 43.0 Å². The highest BCUT2D eigenvalue weighted by Crippen LogP contribution is 2.28. The fourth-order valence-electron chi connectivity index (χ4n) is 3.31. The van der Waals surface area contributed by atoms with Crippen molar-refractivity contribution in [3.05, 3.63) is 67.3 Å². The average molecular weight is 422 g/mol. The fraction of sp³-hybridized carbons (Fsp3) is 0.150. The molecule has 9 heteroatoms. The summed E-state index contributed by atoms with van der Waals surface area (Å²) in [4.78, 5) is 0. The molecule has 0 bridgehead atoms. The lowest BCUT2D eigenvalue weighted by Crippen LogP contribution is -2.29. The number of para-hydroxylation sites is 2. The Kier molecular flexibility index (Phi) is 5.38. The number of fused-ring (bicyclic) bond motifs is 4. The molecule has 2 aromatic heterocycles. The van der Waals surface area contributed by atoms with Gasteiger partial charge in [0.2, 0.25) is 11.0 Å². The first kappa shape index (κ1) is 20.8. The second kappa shape index (κ2) is 7.49. The summed E-state index contributed by atoms with van der Waals surface area (Å²) >= 11 is 0. The van der Waals surface area contributed by atoms with Gasteiger partial charge in [0.1, 0.15) is 12.6 Å². The fourth-order valence-corrected chi connectivity index (χ4v) is 3.31. The molecule has 0 aliphatic heterocycles. The van der Waals surface area contributed by atoms with E-state index >= 15 is 0 Å². The van der Waals surface area contributed by atoms with E-state index in [0.717, 1.165) is 6.54 Å². The smallest absolute Gasteiger partial charge is 0.485 e. The summed E-state index contributed by atoms with van der Waals surface area (Å²) in [5.74, 6) is 0. The number of halogens is 3. The molecule has 0 aliphatic rings. The van der Waals surface area contributed by atoms with Crippen LogP contribution in [0.25, 0.3) is 32.8 Å². The van der Waals surface area contributed by atoms with Gasteiger partial charge in [-0.3, -0.25) is 0 Å². The molecule has 0 atom stereocenters. The number of pyridine rings is 1. The van der Waals surface area contributed by atoms with Crippen molar-refractivity contribution in [1.82, 2.24) is 4.57 Å². The Morgan fingerprint density at radius 3 is 2.31 bits per heavy atom. The average Bonchev–Trinajstić information content (AvgIpc) is 2.95. The molecule has 0 saturated carbocycles. The lowest BCUT2D eigenvalue weighted by molar-refractivity contribution is -0.616. The molecule has 2 heterocycles. The molecule has 0 saturated heterocycles. The zero-order valence-electron chi connectivity index (χ0n) is 15.3. The van der Waals surface area contributed by atoms with Crippen molar-refractivity contribution in [2.75, 3.05) is 0 Å². The summed E-state index contributed by atoms with van der Waals surface area (Å²) < 4.78 is 63.5. The zero-order chi connectivity index (χ0) is 21.4. The molecule has 0 N–H and O–H groups in total. The Morgan fingerprint density at radius 2 is 1.69 bits per heavy atom. The Balaban J connectivity index is 0.000000258. The van der Waals surface area contributed by atoms with Crippen LogP contribution >= 0.6 is 0 Å². The van der Waals surface area contributed by atoms with E-state index in [-0.39, 0.29) is 0 Å². The summed E-state index contributed by atoms with van der Waals surface area (Å²) in [7, 11) is -3.94. The number of nitrogens with zero attached hydrogens (tertiary/aromatic N) is 2. The molecule has 0 radical (unpaired) electrons. The van der Waals surface area contributed by atoms with Crippen LogP contribution in [0.4, 0.5) is 13.2 Å². The van der Waals surface area contributed by atoms with Crippen LogP contribution in [0.1, 0.15) is 0 Å². The highest BCUT2D eigenvalue weighted by molar-refractivity contribution is 7.86. The van der Waals surface area contributed by atoms with Crippen LogP contribution < -0.4 is 4.57 Å². The van der Waals surface area contributed by atoms with Gasteiger partial charge < -0.3 is 9.12 Å². The van der Waals surface area contributed by atoms with Crippen molar-refractivity contribution in [2.45, 2.75) is 12.1 Å². The summed E-state index contributed by atoms with van der Waals surface area (Å²) in [5, 5.41) is 2.56. The SMILES string of the molecule is C=CCn1c2ccccc2c2c1cc1ccccc1[n+]2C.O=S(=O)([O-])C(F)(F)F. The highest BCUT2D eigenvalue weighted by Gasteiger charge is 2.36. The third-order valence-electron chi connectivity index (χ3n) is 4.50. The lowest BCUT2D eigenvalue weighted by Gasteiger charge is -2.08. The quantitative estimate of drug-likeness (QED) is 0.212. The van der Waals surface area contributed by atoms with Crippen LogP contribution in [0.2, 0.25) is 0 Å². The van der Waals surface area contributed by atoms with Crippen molar-refractivity contribution in [3.63, 3.8) is 0 Å². The van der Waals surface area contributed by atoms with E-state index in [4.69, 9.17) is 13.0 Å². The maximum Gasteiger partial charge on any atom is 0.485 e. The summed E-state index contributed by atoms with van der Waals surface area (Å²) in [6.45, 7) is 4.73. The van der Waals surface area contributed by atoms with Crippen LogP contribution in [-0.2, 0) is 23.7 Å². The van der Waals surface area contributed by atoms with Gasteiger partial charge >= 0.3 is 5.51 Å². The normalized spacial score (nSPS) is 12.2. The van der Waals surface area contributed by atoms with Crippen LogP contribution in [-0.4, -0.2) is 23.0 Å². The molecule has 152 valence electrons. The van der Waals surface area contributed by atoms with Gasteiger partial charge in [-0.05, 0) is 24.3 Å². The maximum atomic E-state index is 10.7. The Hall–Kier alpha value is -2.91. The van der Waals surface area contributed by atoms with Crippen LogP contribution in [0.15, 0.2) is 67.3 Å². The Bertz CT molecular complexity index is 1330. The number of benzene rings is 2. The largest absolute Gasteiger partial charge is 0.741 e. The minimum atomic E-state index is -6.09. The van der Waals surface area contributed by atoms with E-state index in [1.165, 1.54) is 32.8 Å². The predicted molar refractivity (Wildman–Crippen MR) is 104 cm³/mol. The molecule has 0 amide bonds. The number of hydrogen-bond acceptors (Lipinski definition) is 3. The Morgan fingerprint density at radius 1 is 1.10 bits per heavy atom. The molecule has 29 heavy (non-hydrogen) atoms. The molecule has 0 spiro atoms.